The number of quaternary nitrogens is 1. The fourth-order valence-corrected chi connectivity index (χ4v) is 5.03. The maximum Gasteiger partial charge on any atom is 0.243 e. The van der Waals surface area contributed by atoms with Crippen LogP contribution in [0.15, 0.2) is 34.7 Å². The molecule has 0 spiro atoms. The highest BCUT2D eigenvalue weighted by Crippen LogP contribution is 2.26. The normalized spacial score (nSPS) is 20.0. The SMILES string of the molecule is C=C(Cl)C[NH+]1CCN(S(=O)(=O)c2ccc3c(c2)CCC3)CC1. The fraction of sp³-hybridized carbons (Fsp3) is 0.500. The van der Waals surface area contributed by atoms with Gasteiger partial charge < -0.3 is 4.90 Å². The minimum atomic E-state index is -3.37. The Bertz CT molecular complexity index is 679. The second kappa shape index (κ2) is 6.32. The van der Waals surface area contributed by atoms with Gasteiger partial charge in [0.25, 0.3) is 0 Å². The molecule has 1 aliphatic heterocycles. The molecule has 0 radical (unpaired) electrons. The molecule has 1 N–H and O–H groups in total. The summed E-state index contributed by atoms with van der Waals surface area (Å²) in [6.07, 6.45) is 3.19. The molecule has 1 aromatic rings. The molecule has 2 aliphatic rings. The van der Waals surface area contributed by atoms with Crippen LogP contribution in [0.2, 0.25) is 0 Å². The Balaban J connectivity index is 1.73. The van der Waals surface area contributed by atoms with E-state index in [1.807, 2.05) is 12.1 Å². The number of fused-ring (bicyclic) bond motifs is 1. The number of piperazine rings is 1. The Morgan fingerprint density at radius 2 is 1.91 bits per heavy atom. The van der Waals surface area contributed by atoms with Crippen molar-refractivity contribution < 1.29 is 13.3 Å². The minimum absolute atomic E-state index is 0.443. The minimum Gasteiger partial charge on any atom is -0.328 e. The number of nitrogens with one attached hydrogen (secondary N) is 1. The van der Waals surface area contributed by atoms with Crippen LogP contribution in [0.1, 0.15) is 17.5 Å². The zero-order chi connectivity index (χ0) is 15.7. The lowest BCUT2D eigenvalue weighted by molar-refractivity contribution is -0.898. The first-order chi connectivity index (χ1) is 10.5. The summed E-state index contributed by atoms with van der Waals surface area (Å²) in [5, 5.41) is 0.630. The van der Waals surface area contributed by atoms with Gasteiger partial charge in [-0.25, -0.2) is 8.42 Å². The topological polar surface area (TPSA) is 41.8 Å². The molecule has 0 saturated carbocycles. The molecular weight excluding hydrogens is 320 g/mol. The van der Waals surface area contributed by atoms with Crippen LogP contribution in [-0.2, 0) is 22.9 Å². The molecule has 0 bridgehead atoms. The van der Waals surface area contributed by atoms with Crippen LogP contribution < -0.4 is 4.90 Å². The fourth-order valence-electron chi connectivity index (χ4n) is 3.35. The van der Waals surface area contributed by atoms with Crippen LogP contribution in [0, 0.1) is 0 Å². The number of halogens is 1. The van der Waals surface area contributed by atoms with Crippen molar-refractivity contribution in [2.24, 2.45) is 0 Å². The molecule has 3 rings (SSSR count). The standard InChI is InChI=1S/C16H21ClN2O2S/c1-13(17)12-18-7-9-19(10-8-18)22(20,21)16-6-5-14-3-2-4-15(14)11-16/h5-6,11H,1-4,7-10,12H2/p+1. The highest BCUT2D eigenvalue weighted by molar-refractivity contribution is 7.89. The Hall–Kier alpha value is -0.880. The molecule has 4 nitrogen and oxygen atoms in total. The van der Waals surface area contributed by atoms with Crippen LogP contribution in [-0.4, -0.2) is 45.4 Å². The lowest BCUT2D eigenvalue weighted by atomic mass is 10.1. The molecule has 1 aliphatic carbocycles. The molecule has 0 unspecified atom stereocenters. The van der Waals surface area contributed by atoms with E-state index in [-0.39, 0.29) is 0 Å². The summed E-state index contributed by atoms with van der Waals surface area (Å²) in [6, 6.07) is 5.62. The van der Waals surface area contributed by atoms with Gasteiger partial charge in [0.05, 0.1) is 36.1 Å². The average Bonchev–Trinajstić information content (AvgIpc) is 2.94. The molecule has 22 heavy (non-hydrogen) atoms. The van der Waals surface area contributed by atoms with Gasteiger partial charge in [-0.05, 0) is 42.5 Å². The Labute approximate surface area is 137 Å². The van der Waals surface area contributed by atoms with E-state index in [4.69, 9.17) is 11.6 Å². The van der Waals surface area contributed by atoms with Crippen molar-refractivity contribution in [1.29, 1.82) is 0 Å². The lowest BCUT2D eigenvalue weighted by Crippen LogP contribution is -3.14. The van der Waals surface area contributed by atoms with E-state index in [1.54, 1.807) is 10.4 Å². The second-order valence-corrected chi connectivity index (χ2v) is 8.60. The summed E-state index contributed by atoms with van der Waals surface area (Å²) in [7, 11) is -3.37. The molecule has 1 fully saturated rings. The summed E-state index contributed by atoms with van der Waals surface area (Å²) in [5.41, 5.74) is 2.50. The lowest BCUT2D eigenvalue weighted by Gasteiger charge is -2.31. The van der Waals surface area contributed by atoms with E-state index in [1.165, 1.54) is 16.0 Å². The van der Waals surface area contributed by atoms with Crippen molar-refractivity contribution in [3.05, 3.63) is 40.9 Å². The predicted molar refractivity (Wildman–Crippen MR) is 87.8 cm³/mol. The number of rotatable bonds is 4. The van der Waals surface area contributed by atoms with Crippen molar-refractivity contribution >= 4 is 21.6 Å². The summed E-state index contributed by atoms with van der Waals surface area (Å²) in [6.45, 7) is 7.04. The summed E-state index contributed by atoms with van der Waals surface area (Å²) >= 11 is 5.84. The van der Waals surface area contributed by atoms with E-state index < -0.39 is 10.0 Å². The smallest absolute Gasteiger partial charge is 0.243 e. The number of hydrogen-bond acceptors (Lipinski definition) is 2. The van der Waals surface area contributed by atoms with Crippen molar-refractivity contribution in [2.75, 3.05) is 32.7 Å². The van der Waals surface area contributed by atoms with E-state index in [0.717, 1.165) is 32.4 Å². The number of aryl methyl sites for hydroxylation is 2. The second-order valence-electron chi connectivity index (χ2n) is 6.13. The molecule has 6 heteroatoms. The predicted octanol–water partition coefficient (Wildman–Crippen LogP) is 0.817. The molecule has 0 atom stereocenters. The van der Waals surface area contributed by atoms with Crippen molar-refractivity contribution in [3.8, 4) is 0 Å². The van der Waals surface area contributed by atoms with E-state index in [9.17, 15) is 8.42 Å². The van der Waals surface area contributed by atoms with Crippen LogP contribution in [0.4, 0.5) is 0 Å². The number of hydrogen-bond donors (Lipinski definition) is 1. The highest BCUT2D eigenvalue weighted by Gasteiger charge is 2.31. The molecule has 1 aromatic carbocycles. The third-order valence-corrected chi connectivity index (χ3v) is 6.61. The van der Waals surface area contributed by atoms with Gasteiger partial charge in [-0.1, -0.05) is 24.2 Å². The van der Waals surface area contributed by atoms with Crippen LogP contribution >= 0.6 is 11.6 Å². The maximum absolute atomic E-state index is 12.8. The summed E-state index contributed by atoms with van der Waals surface area (Å²) in [5.74, 6) is 0. The molecule has 0 aromatic heterocycles. The van der Waals surface area contributed by atoms with Crippen molar-refractivity contribution in [1.82, 2.24) is 4.31 Å². The van der Waals surface area contributed by atoms with Gasteiger partial charge in [0.1, 0.15) is 6.54 Å². The van der Waals surface area contributed by atoms with Gasteiger partial charge in [-0.15, -0.1) is 0 Å². The number of sulfonamides is 1. The molecular formula is C16H22ClN2O2S+. The quantitative estimate of drug-likeness (QED) is 0.881. The summed E-state index contributed by atoms with van der Waals surface area (Å²) < 4.78 is 27.2. The molecule has 120 valence electrons. The summed E-state index contributed by atoms with van der Waals surface area (Å²) in [4.78, 5) is 1.73. The first-order valence-electron chi connectivity index (χ1n) is 7.75. The average molecular weight is 342 g/mol. The third-order valence-electron chi connectivity index (χ3n) is 4.58. The maximum atomic E-state index is 12.8. The van der Waals surface area contributed by atoms with E-state index in [2.05, 4.69) is 6.58 Å². The molecule has 1 saturated heterocycles. The van der Waals surface area contributed by atoms with Gasteiger partial charge in [0.2, 0.25) is 10.0 Å². The van der Waals surface area contributed by atoms with Gasteiger partial charge >= 0.3 is 0 Å². The van der Waals surface area contributed by atoms with Crippen molar-refractivity contribution in [3.63, 3.8) is 0 Å². The van der Waals surface area contributed by atoms with Crippen LogP contribution in [0.3, 0.4) is 0 Å². The van der Waals surface area contributed by atoms with Crippen molar-refractivity contribution in [2.45, 2.75) is 24.2 Å². The first kappa shape index (κ1) is 16.0. The van der Waals surface area contributed by atoms with E-state index in [0.29, 0.717) is 29.6 Å². The van der Waals surface area contributed by atoms with Gasteiger partial charge in [-0.2, -0.15) is 4.31 Å². The number of nitrogens with zero attached hydrogens (tertiary/aromatic N) is 1. The number of benzene rings is 1. The van der Waals surface area contributed by atoms with Gasteiger partial charge in [-0.3, -0.25) is 0 Å². The van der Waals surface area contributed by atoms with Gasteiger partial charge in [0.15, 0.2) is 0 Å². The Morgan fingerprint density at radius 3 is 2.59 bits per heavy atom. The largest absolute Gasteiger partial charge is 0.328 e. The molecule has 0 amide bonds. The Morgan fingerprint density at radius 1 is 1.23 bits per heavy atom. The Kier molecular flexibility index (Phi) is 4.59. The first-order valence-corrected chi connectivity index (χ1v) is 9.57. The van der Waals surface area contributed by atoms with Crippen LogP contribution in [0.25, 0.3) is 0 Å². The van der Waals surface area contributed by atoms with E-state index >= 15 is 0 Å². The monoisotopic (exact) mass is 341 g/mol. The third kappa shape index (κ3) is 3.23. The zero-order valence-electron chi connectivity index (χ0n) is 12.6. The van der Waals surface area contributed by atoms with Gasteiger partial charge in [0, 0.05) is 0 Å². The molecule has 1 heterocycles. The highest BCUT2D eigenvalue weighted by atomic mass is 35.5. The van der Waals surface area contributed by atoms with Crippen LogP contribution in [0.5, 0.6) is 0 Å². The zero-order valence-corrected chi connectivity index (χ0v) is 14.2.